The number of piperazine rings is 1. The van der Waals surface area contributed by atoms with E-state index in [4.69, 9.17) is 4.74 Å². The van der Waals surface area contributed by atoms with E-state index < -0.39 is 0 Å². The zero-order valence-electron chi connectivity index (χ0n) is 13.8. The van der Waals surface area contributed by atoms with Crippen LogP contribution in [0.5, 0.6) is 5.75 Å². The molecule has 6 heteroatoms. The molecule has 23 heavy (non-hydrogen) atoms. The van der Waals surface area contributed by atoms with E-state index in [1.807, 2.05) is 43.1 Å². The predicted octanol–water partition coefficient (Wildman–Crippen LogP) is 1.70. The quantitative estimate of drug-likeness (QED) is 0.865. The lowest BCUT2D eigenvalue weighted by Gasteiger charge is -2.36. The van der Waals surface area contributed by atoms with E-state index >= 15 is 0 Å². The van der Waals surface area contributed by atoms with Crippen LogP contribution in [0.4, 0.5) is 5.69 Å². The first-order valence-electron chi connectivity index (χ1n) is 7.78. The molecule has 122 valence electrons. The molecule has 1 aromatic heterocycles. The number of hydrogen-bond donors (Lipinski definition) is 0. The van der Waals surface area contributed by atoms with E-state index in [-0.39, 0.29) is 5.91 Å². The first kappa shape index (κ1) is 15.4. The maximum atomic E-state index is 12.5. The highest BCUT2D eigenvalue weighted by atomic mass is 16.5. The van der Waals surface area contributed by atoms with E-state index in [0.29, 0.717) is 18.8 Å². The van der Waals surface area contributed by atoms with Crippen LogP contribution in [0, 0.1) is 6.92 Å². The normalized spacial score (nSPS) is 14.9. The Morgan fingerprint density at radius 1 is 1.17 bits per heavy atom. The second kappa shape index (κ2) is 6.32. The van der Waals surface area contributed by atoms with Gasteiger partial charge in [0.1, 0.15) is 5.75 Å². The van der Waals surface area contributed by atoms with Crippen molar-refractivity contribution in [1.29, 1.82) is 0 Å². The number of aromatic nitrogens is 2. The minimum absolute atomic E-state index is 0.00776. The highest BCUT2D eigenvalue weighted by molar-refractivity contribution is 5.92. The van der Waals surface area contributed by atoms with Crippen LogP contribution in [0.25, 0.3) is 0 Å². The SMILES string of the molecule is COc1ccccc1N1CCN(C(=O)c2cc(C)n(C)n2)CC1. The lowest BCUT2D eigenvalue weighted by Crippen LogP contribution is -2.49. The highest BCUT2D eigenvalue weighted by Gasteiger charge is 2.25. The Bertz CT molecular complexity index is 683. The molecule has 6 nitrogen and oxygen atoms in total. The second-order valence-electron chi connectivity index (χ2n) is 5.75. The topological polar surface area (TPSA) is 50.6 Å². The number of carbonyl (C=O) groups is 1. The molecule has 2 heterocycles. The van der Waals surface area contributed by atoms with E-state index in [1.165, 1.54) is 0 Å². The Hall–Kier alpha value is -2.50. The lowest BCUT2D eigenvalue weighted by atomic mass is 10.2. The molecule has 0 radical (unpaired) electrons. The summed E-state index contributed by atoms with van der Waals surface area (Å²) in [6.45, 7) is 4.90. The van der Waals surface area contributed by atoms with Gasteiger partial charge in [0, 0.05) is 38.9 Å². The van der Waals surface area contributed by atoms with Gasteiger partial charge in [0.25, 0.3) is 5.91 Å². The average molecular weight is 314 g/mol. The lowest BCUT2D eigenvalue weighted by molar-refractivity contribution is 0.0740. The Labute approximate surface area is 136 Å². The number of ether oxygens (including phenoxy) is 1. The summed E-state index contributed by atoms with van der Waals surface area (Å²) in [5, 5.41) is 4.28. The summed E-state index contributed by atoms with van der Waals surface area (Å²) in [7, 11) is 3.54. The number of nitrogens with zero attached hydrogens (tertiary/aromatic N) is 4. The molecule has 0 spiro atoms. The van der Waals surface area contributed by atoms with Gasteiger partial charge in [0.05, 0.1) is 12.8 Å². The molecule has 1 aliphatic rings. The molecular formula is C17H22N4O2. The van der Waals surface area contributed by atoms with Crippen molar-refractivity contribution in [1.82, 2.24) is 14.7 Å². The number of carbonyl (C=O) groups excluding carboxylic acids is 1. The number of methoxy groups -OCH3 is 1. The van der Waals surface area contributed by atoms with Gasteiger partial charge in [-0.05, 0) is 25.1 Å². The Kier molecular flexibility index (Phi) is 4.23. The van der Waals surface area contributed by atoms with Gasteiger partial charge in [0.2, 0.25) is 0 Å². The van der Waals surface area contributed by atoms with Crippen LogP contribution in [0.15, 0.2) is 30.3 Å². The minimum atomic E-state index is 0.00776. The summed E-state index contributed by atoms with van der Waals surface area (Å²) >= 11 is 0. The molecule has 0 N–H and O–H groups in total. The van der Waals surface area contributed by atoms with E-state index in [9.17, 15) is 4.79 Å². The largest absolute Gasteiger partial charge is 0.495 e. The van der Waals surface area contributed by atoms with Gasteiger partial charge in [-0.1, -0.05) is 12.1 Å². The summed E-state index contributed by atoms with van der Waals surface area (Å²) in [5.41, 5.74) is 2.59. The fourth-order valence-corrected chi connectivity index (χ4v) is 2.87. The van der Waals surface area contributed by atoms with Crippen molar-refractivity contribution >= 4 is 11.6 Å². The number of benzene rings is 1. The number of amides is 1. The van der Waals surface area contributed by atoms with Crippen molar-refractivity contribution in [2.45, 2.75) is 6.92 Å². The number of aryl methyl sites for hydroxylation is 2. The van der Waals surface area contributed by atoms with Crippen molar-refractivity contribution in [2.75, 3.05) is 38.2 Å². The minimum Gasteiger partial charge on any atom is -0.495 e. The van der Waals surface area contributed by atoms with Gasteiger partial charge >= 0.3 is 0 Å². The van der Waals surface area contributed by atoms with Crippen molar-refractivity contribution in [3.05, 3.63) is 41.7 Å². The Balaban J connectivity index is 1.67. The van der Waals surface area contributed by atoms with Gasteiger partial charge in [-0.15, -0.1) is 0 Å². The number of rotatable bonds is 3. The Morgan fingerprint density at radius 3 is 2.48 bits per heavy atom. The summed E-state index contributed by atoms with van der Waals surface area (Å²) in [6, 6.07) is 9.83. The molecule has 1 aliphatic heterocycles. The summed E-state index contributed by atoms with van der Waals surface area (Å²) < 4.78 is 7.16. The van der Waals surface area contributed by atoms with Crippen LogP contribution >= 0.6 is 0 Å². The van der Waals surface area contributed by atoms with Gasteiger partial charge in [0.15, 0.2) is 5.69 Å². The van der Waals surface area contributed by atoms with Gasteiger partial charge in [-0.2, -0.15) is 5.10 Å². The third kappa shape index (κ3) is 3.02. The molecule has 0 aliphatic carbocycles. The third-order valence-corrected chi connectivity index (χ3v) is 4.33. The number of para-hydroxylation sites is 2. The summed E-state index contributed by atoms with van der Waals surface area (Å²) in [4.78, 5) is 16.7. The van der Waals surface area contributed by atoms with Gasteiger partial charge in [-0.3, -0.25) is 9.48 Å². The van der Waals surface area contributed by atoms with Crippen LogP contribution in [0.1, 0.15) is 16.2 Å². The molecule has 1 amide bonds. The fourth-order valence-electron chi connectivity index (χ4n) is 2.87. The van der Waals surface area contributed by atoms with Crippen LogP contribution in [-0.4, -0.2) is 53.9 Å². The smallest absolute Gasteiger partial charge is 0.274 e. The van der Waals surface area contributed by atoms with Crippen LogP contribution in [0.2, 0.25) is 0 Å². The van der Waals surface area contributed by atoms with Crippen LogP contribution < -0.4 is 9.64 Å². The van der Waals surface area contributed by atoms with Crippen molar-refractivity contribution in [2.24, 2.45) is 7.05 Å². The number of hydrogen-bond acceptors (Lipinski definition) is 4. The monoisotopic (exact) mass is 314 g/mol. The molecular weight excluding hydrogens is 292 g/mol. The molecule has 3 rings (SSSR count). The number of anilines is 1. The zero-order valence-corrected chi connectivity index (χ0v) is 13.8. The maximum absolute atomic E-state index is 12.5. The second-order valence-corrected chi connectivity index (χ2v) is 5.75. The highest BCUT2D eigenvalue weighted by Crippen LogP contribution is 2.28. The third-order valence-electron chi connectivity index (χ3n) is 4.33. The molecule has 0 atom stereocenters. The maximum Gasteiger partial charge on any atom is 0.274 e. The predicted molar refractivity (Wildman–Crippen MR) is 89.1 cm³/mol. The zero-order chi connectivity index (χ0) is 16.4. The van der Waals surface area contributed by atoms with Crippen molar-refractivity contribution < 1.29 is 9.53 Å². The van der Waals surface area contributed by atoms with Gasteiger partial charge in [-0.25, -0.2) is 0 Å². The summed E-state index contributed by atoms with van der Waals surface area (Å²) in [5.74, 6) is 0.876. The van der Waals surface area contributed by atoms with Crippen molar-refractivity contribution in [3.8, 4) is 5.75 Å². The molecule has 1 saturated heterocycles. The molecule has 2 aromatic rings. The van der Waals surface area contributed by atoms with Crippen LogP contribution in [0.3, 0.4) is 0 Å². The van der Waals surface area contributed by atoms with Crippen molar-refractivity contribution in [3.63, 3.8) is 0 Å². The average Bonchev–Trinajstić information content (AvgIpc) is 2.93. The molecule has 0 unspecified atom stereocenters. The van der Waals surface area contributed by atoms with E-state index in [2.05, 4.69) is 16.1 Å². The fraction of sp³-hybridized carbons (Fsp3) is 0.412. The molecule has 0 saturated carbocycles. The molecule has 1 fully saturated rings. The van der Waals surface area contributed by atoms with E-state index in [1.54, 1.807) is 11.8 Å². The Morgan fingerprint density at radius 2 is 1.87 bits per heavy atom. The first-order valence-corrected chi connectivity index (χ1v) is 7.78. The first-order chi connectivity index (χ1) is 11.1. The molecule has 0 bridgehead atoms. The van der Waals surface area contributed by atoms with Gasteiger partial charge < -0.3 is 14.5 Å². The molecule has 1 aromatic carbocycles. The summed E-state index contributed by atoms with van der Waals surface area (Å²) in [6.07, 6.45) is 0. The van der Waals surface area contributed by atoms with Crippen LogP contribution in [-0.2, 0) is 7.05 Å². The van der Waals surface area contributed by atoms with E-state index in [0.717, 1.165) is 30.2 Å². The standard InChI is InChI=1S/C17H22N4O2/c1-13-12-14(18-19(13)2)17(22)21-10-8-20(9-11-21)15-6-4-5-7-16(15)23-3/h4-7,12H,8-11H2,1-3H3.